The smallest absolute Gasteiger partial charge is 0.390 e. The molecule has 0 aromatic carbocycles. The number of hydrogen-bond acceptors (Lipinski definition) is 5. The van der Waals surface area contributed by atoms with Crippen molar-refractivity contribution >= 4 is 5.82 Å². The number of azide groups is 1. The SMILES string of the molecule is [N-]=[N+]=NCCC(O)C(O)c1cc(C(F)(F)F)cnc1N. The van der Waals surface area contributed by atoms with Gasteiger partial charge < -0.3 is 15.9 Å². The summed E-state index contributed by atoms with van der Waals surface area (Å²) in [4.78, 5) is 5.80. The lowest BCUT2D eigenvalue weighted by Gasteiger charge is -2.19. The molecule has 1 aromatic heterocycles. The number of hydrogen-bond donors (Lipinski definition) is 3. The fourth-order valence-corrected chi connectivity index (χ4v) is 1.48. The molecule has 0 fully saturated rings. The lowest BCUT2D eigenvalue weighted by molar-refractivity contribution is -0.138. The summed E-state index contributed by atoms with van der Waals surface area (Å²) in [7, 11) is 0. The molecule has 1 heterocycles. The van der Waals surface area contributed by atoms with Gasteiger partial charge in [0.2, 0.25) is 0 Å². The molecule has 2 unspecified atom stereocenters. The molecular formula is C10H12F3N5O2. The summed E-state index contributed by atoms with van der Waals surface area (Å²) in [6, 6.07) is 0.629. The largest absolute Gasteiger partial charge is 0.417 e. The van der Waals surface area contributed by atoms with E-state index in [0.29, 0.717) is 12.3 Å². The molecule has 0 aliphatic carbocycles. The Hall–Kier alpha value is -2.03. The molecule has 10 heteroatoms. The highest BCUT2D eigenvalue weighted by Crippen LogP contribution is 2.32. The minimum absolute atomic E-state index is 0.110. The van der Waals surface area contributed by atoms with E-state index in [1.807, 2.05) is 0 Å². The molecule has 7 nitrogen and oxygen atoms in total. The standard InChI is InChI=1S/C10H12F3N5O2/c11-10(12,13)5-3-6(9(14)16-4-5)8(20)7(19)1-2-17-18-15/h3-4,7-8,19-20H,1-2H2,(H2,14,16). The molecule has 0 spiro atoms. The summed E-state index contributed by atoms with van der Waals surface area (Å²) < 4.78 is 37.6. The van der Waals surface area contributed by atoms with Crippen molar-refractivity contribution in [2.75, 3.05) is 12.3 Å². The Morgan fingerprint density at radius 3 is 2.65 bits per heavy atom. The maximum absolute atomic E-state index is 12.5. The third-order valence-electron chi connectivity index (χ3n) is 2.55. The Kier molecular flexibility index (Phi) is 5.14. The van der Waals surface area contributed by atoms with Crippen LogP contribution in [-0.2, 0) is 6.18 Å². The van der Waals surface area contributed by atoms with Gasteiger partial charge in [-0.15, -0.1) is 0 Å². The second kappa shape index (κ2) is 6.42. The zero-order valence-electron chi connectivity index (χ0n) is 10.1. The average Bonchev–Trinajstić information content (AvgIpc) is 2.37. The van der Waals surface area contributed by atoms with E-state index >= 15 is 0 Å². The molecule has 0 saturated heterocycles. The van der Waals surface area contributed by atoms with Crippen LogP contribution in [-0.4, -0.2) is 27.8 Å². The van der Waals surface area contributed by atoms with Crippen molar-refractivity contribution in [3.63, 3.8) is 0 Å². The number of nitrogen functional groups attached to an aromatic ring is 1. The third-order valence-corrected chi connectivity index (χ3v) is 2.55. The number of pyridine rings is 1. The van der Waals surface area contributed by atoms with Gasteiger partial charge in [0.1, 0.15) is 11.9 Å². The first-order chi connectivity index (χ1) is 9.27. The van der Waals surface area contributed by atoms with Crippen LogP contribution in [0.25, 0.3) is 10.4 Å². The number of nitrogens with zero attached hydrogens (tertiary/aromatic N) is 4. The molecule has 0 aliphatic heterocycles. The van der Waals surface area contributed by atoms with Crippen LogP contribution >= 0.6 is 0 Å². The summed E-state index contributed by atoms with van der Waals surface area (Å²) in [5, 5.41) is 22.6. The molecule has 4 N–H and O–H groups in total. The average molecular weight is 291 g/mol. The number of rotatable bonds is 5. The van der Waals surface area contributed by atoms with Crippen molar-refractivity contribution in [1.29, 1.82) is 0 Å². The van der Waals surface area contributed by atoms with Crippen LogP contribution in [0.3, 0.4) is 0 Å². The molecule has 110 valence electrons. The van der Waals surface area contributed by atoms with E-state index in [4.69, 9.17) is 11.3 Å². The van der Waals surface area contributed by atoms with Gasteiger partial charge in [0, 0.05) is 23.2 Å². The van der Waals surface area contributed by atoms with Crippen molar-refractivity contribution in [2.24, 2.45) is 5.11 Å². The number of aliphatic hydroxyl groups is 2. The molecule has 0 radical (unpaired) electrons. The van der Waals surface area contributed by atoms with E-state index in [1.165, 1.54) is 0 Å². The normalized spacial score (nSPS) is 14.4. The zero-order valence-corrected chi connectivity index (χ0v) is 10.1. The van der Waals surface area contributed by atoms with E-state index in [-0.39, 0.29) is 24.3 Å². The van der Waals surface area contributed by atoms with Gasteiger partial charge in [0.05, 0.1) is 11.7 Å². The Morgan fingerprint density at radius 2 is 2.10 bits per heavy atom. The predicted molar refractivity (Wildman–Crippen MR) is 63.2 cm³/mol. The number of aliphatic hydroxyl groups excluding tert-OH is 2. The molecule has 2 atom stereocenters. The highest BCUT2D eigenvalue weighted by molar-refractivity contribution is 5.43. The van der Waals surface area contributed by atoms with E-state index in [1.54, 1.807) is 0 Å². The highest BCUT2D eigenvalue weighted by atomic mass is 19.4. The van der Waals surface area contributed by atoms with Gasteiger partial charge in [-0.2, -0.15) is 13.2 Å². The van der Waals surface area contributed by atoms with E-state index < -0.39 is 23.9 Å². The van der Waals surface area contributed by atoms with Gasteiger partial charge in [0.15, 0.2) is 0 Å². The van der Waals surface area contributed by atoms with Gasteiger partial charge in [-0.25, -0.2) is 4.98 Å². The summed E-state index contributed by atoms with van der Waals surface area (Å²) in [6.07, 6.45) is -7.30. The maximum atomic E-state index is 12.5. The van der Waals surface area contributed by atoms with Crippen LogP contribution in [0.1, 0.15) is 23.7 Å². The Balaban J connectivity index is 2.96. The highest BCUT2D eigenvalue weighted by Gasteiger charge is 2.33. The van der Waals surface area contributed by atoms with Crippen molar-refractivity contribution < 1.29 is 23.4 Å². The minimum Gasteiger partial charge on any atom is -0.390 e. The first-order valence-electron chi connectivity index (χ1n) is 5.47. The molecular weight excluding hydrogens is 279 g/mol. The van der Waals surface area contributed by atoms with Crippen LogP contribution in [0.2, 0.25) is 0 Å². The fraction of sp³-hybridized carbons (Fsp3) is 0.500. The number of anilines is 1. The molecule has 20 heavy (non-hydrogen) atoms. The lowest BCUT2D eigenvalue weighted by Crippen LogP contribution is -2.21. The maximum Gasteiger partial charge on any atom is 0.417 e. The van der Waals surface area contributed by atoms with Crippen LogP contribution in [0.5, 0.6) is 0 Å². The summed E-state index contributed by atoms with van der Waals surface area (Å²) in [6.45, 7) is -0.110. The predicted octanol–water partition coefficient (Wildman–Crippen LogP) is 1.78. The number of nitrogens with two attached hydrogens (primary N) is 1. The second-order valence-electron chi connectivity index (χ2n) is 3.95. The number of halogens is 3. The molecule has 0 bridgehead atoms. The third kappa shape index (κ3) is 3.98. The fourth-order valence-electron chi connectivity index (χ4n) is 1.48. The van der Waals surface area contributed by atoms with Crippen LogP contribution in [0.15, 0.2) is 17.4 Å². The Labute approximate surface area is 111 Å². The molecule has 0 aliphatic rings. The van der Waals surface area contributed by atoms with Crippen molar-refractivity contribution in [1.82, 2.24) is 4.98 Å². The van der Waals surface area contributed by atoms with E-state index in [9.17, 15) is 23.4 Å². The number of aromatic nitrogens is 1. The van der Waals surface area contributed by atoms with E-state index in [0.717, 1.165) is 0 Å². The van der Waals surface area contributed by atoms with Crippen molar-refractivity contribution in [2.45, 2.75) is 24.8 Å². The van der Waals surface area contributed by atoms with Crippen LogP contribution in [0, 0.1) is 0 Å². The second-order valence-corrected chi connectivity index (χ2v) is 3.95. The quantitative estimate of drug-likeness (QED) is 0.434. The monoisotopic (exact) mass is 291 g/mol. The van der Waals surface area contributed by atoms with Crippen LogP contribution in [0.4, 0.5) is 19.0 Å². The van der Waals surface area contributed by atoms with Crippen LogP contribution < -0.4 is 5.73 Å². The molecule has 1 aromatic rings. The minimum atomic E-state index is -4.63. The lowest BCUT2D eigenvalue weighted by atomic mass is 10.0. The summed E-state index contributed by atoms with van der Waals surface area (Å²) >= 11 is 0. The summed E-state index contributed by atoms with van der Waals surface area (Å²) in [5.74, 6) is -0.312. The topological polar surface area (TPSA) is 128 Å². The van der Waals surface area contributed by atoms with Crippen molar-refractivity contribution in [3.05, 3.63) is 33.8 Å². The van der Waals surface area contributed by atoms with Gasteiger partial charge in [-0.1, -0.05) is 5.11 Å². The Bertz CT molecular complexity index is 516. The van der Waals surface area contributed by atoms with Gasteiger partial charge in [-0.3, -0.25) is 0 Å². The first-order valence-corrected chi connectivity index (χ1v) is 5.47. The van der Waals surface area contributed by atoms with E-state index in [2.05, 4.69) is 15.0 Å². The summed E-state index contributed by atoms with van der Waals surface area (Å²) in [5.41, 5.74) is 12.1. The number of alkyl halides is 3. The van der Waals surface area contributed by atoms with Crippen molar-refractivity contribution in [3.8, 4) is 0 Å². The molecule has 0 amide bonds. The first kappa shape index (κ1) is 16.0. The molecule has 0 saturated carbocycles. The van der Waals surface area contributed by atoms with Gasteiger partial charge in [-0.05, 0) is 18.0 Å². The van der Waals surface area contributed by atoms with Gasteiger partial charge >= 0.3 is 6.18 Å². The Morgan fingerprint density at radius 1 is 1.45 bits per heavy atom. The molecule has 1 rings (SSSR count). The van der Waals surface area contributed by atoms with Gasteiger partial charge in [0.25, 0.3) is 0 Å². The zero-order chi connectivity index (χ0) is 15.3.